The van der Waals surface area contributed by atoms with Gasteiger partial charge in [-0.1, -0.05) is 12.1 Å². The van der Waals surface area contributed by atoms with E-state index in [-0.39, 0.29) is 12.1 Å². The number of fused-ring (bicyclic) bond motifs is 1. The molecule has 0 bridgehead atoms. The normalized spacial score (nSPS) is 12.6. The van der Waals surface area contributed by atoms with Crippen molar-refractivity contribution in [3.63, 3.8) is 0 Å². The molecule has 20 heavy (non-hydrogen) atoms. The number of rotatable bonds is 4. The zero-order chi connectivity index (χ0) is 15.0. The van der Waals surface area contributed by atoms with E-state index in [1.54, 1.807) is 23.7 Å². The van der Waals surface area contributed by atoms with Crippen LogP contribution in [0.25, 0.3) is 10.9 Å². The molecule has 0 spiro atoms. The van der Waals surface area contributed by atoms with Crippen molar-refractivity contribution in [3.05, 3.63) is 38.5 Å². The van der Waals surface area contributed by atoms with Crippen molar-refractivity contribution in [2.45, 2.75) is 12.5 Å². The second-order valence-corrected chi connectivity index (χ2v) is 5.16. The molecule has 0 saturated carbocycles. The molecule has 0 aliphatic heterocycles. The van der Waals surface area contributed by atoms with Gasteiger partial charge in [0.15, 0.2) is 0 Å². The summed E-state index contributed by atoms with van der Waals surface area (Å²) in [6, 6.07) is 3.64. The predicted octanol–water partition coefficient (Wildman–Crippen LogP) is 1.80. The Kier molecular flexibility index (Phi) is 3.78. The summed E-state index contributed by atoms with van der Waals surface area (Å²) < 4.78 is 2.22. The van der Waals surface area contributed by atoms with E-state index in [0.29, 0.717) is 21.1 Å². The van der Waals surface area contributed by atoms with E-state index >= 15 is 0 Å². The van der Waals surface area contributed by atoms with Crippen molar-refractivity contribution in [1.82, 2.24) is 4.57 Å². The van der Waals surface area contributed by atoms with Crippen LogP contribution in [0.4, 0.5) is 5.69 Å². The van der Waals surface area contributed by atoms with E-state index in [1.807, 2.05) is 0 Å². The van der Waals surface area contributed by atoms with Gasteiger partial charge in [-0.15, -0.1) is 0 Å². The van der Waals surface area contributed by atoms with Crippen LogP contribution in [0.2, 0.25) is 0 Å². The SMILES string of the molecule is Cn1c(Br)c(CC(N)C(=O)O)c2cccc([N+](=O)[O-])c21. The van der Waals surface area contributed by atoms with Crippen LogP contribution >= 0.6 is 15.9 Å². The summed E-state index contributed by atoms with van der Waals surface area (Å²) in [5, 5.41) is 20.6. The fraction of sp³-hybridized carbons (Fsp3) is 0.250. The molecular weight excluding hydrogens is 330 g/mol. The van der Waals surface area contributed by atoms with Gasteiger partial charge in [0.2, 0.25) is 0 Å². The van der Waals surface area contributed by atoms with Crippen molar-refractivity contribution in [2.24, 2.45) is 12.8 Å². The Hall–Kier alpha value is -1.93. The molecule has 0 fully saturated rings. The topological polar surface area (TPSA) is 111 Å². The Bertz CT molecular complexity index is 710. The maximum absolute atomic E-state index is 11.1. The quantitative estimate of drug-likeness (QED) is 0.650. The highest BCUT2D eigenvalue weighted by Crippen LogP contribution is 2.35. The second-order valence-electron chi connectivity index (χ2n) is 4.41. The van der Waals surface area contributed by atoms with Crippen LogP contribution in [0, 0.1) is 10.1 Å². The van der Waals surface area contributed by atoms with Gasteiger partial charge in [0.25, 0.3) is 5.69 Å². The van der Waals surface area contributed by atoms with E-state index in [2.05, 4.69) is 15.9 Å². The molecule has 0 aliphatic rings. The van der Waals surface area contributed by atoms with Crippen LogP contribution in [-0.4, -0.2) is 26.6 Å². The molecule has 1 atom stereocenters. The molecule has 106 valence electrons. The number of carbonyl (C=O) groups is 1. The molecule has 1 aromatic heterocycles. The van der Waals surface area contributed by atoms with Gasteiger partial charge >= 0.3 is 5.97 Å². The van der Waals surface area contributed by atoms with Crippen LogP contribution in [0.3, 0.4) is 0 Å². The number of nitrogens with two attached hydrogens (primary N) is 1. The number of nitro groups is 1. The van der Waals surface area contributed by atoms with E-state index in [0.717, 1.165) is 0 Å². The lowest BCUT2D eigenvalue weighted by Crippen LogP contribution is -2.32. The Morgan fingerprint density at radius 3 is 2.80 bits per heavy atom. The molecule has 2 rings (SSSR count). The zero-order valence-electron chi connectivity index (χ0n) is 10.5. The van der Waals surface area contributed by atoms with E-state index in [9.17, 15) is 14.9 Å². The lowest BCUT2D eigenvalue weighted by Gasteiger charge is -2.06. The monoisotopic (exact) mass is 341 g/mol. The Balaban J connectivity index is 2.68. The van der Waals surface area contributed by atoms with Crippen molar-refractivity contribution < 1.29 is 14.8 Å². The van der Waals surface area contributed by atoms with Gasteiger partial charge in [0.1, 0.15) is 11.6 Å². The van der Waals surface area contributed by atoms with Crippen molar-refractivity contribution in [3.8, 4) is 0 Å². The lowest BCUT2D eigenvalue weighted by atomic mass is 10.1. The summed E-state index contributed by atoms with van der Waals surface area (Å²) in [4.78, 5) is 21.5. The Morgan fingerprint density at radius 2 is 2.25 bits per heavy atom. The van der Waals surface area contributed by atoms with Crippen LogP contribution in [0.5, 0.6) is 0 Å². The summed E-state index contributed by atoms with van der Waals surface area (Å²) >= 11 is 3.35. The largest absolute Gasteiger partial charge is 0.480 e. The molecule has 1 unspecified atom stereocenters. The van der Waals surface area contributed by atoms with Gasteiger partial charge in [-0.05, 0) is 21.5 Å². The number of carboxylic acid groups (broad SMARTS) is 1. The molecule has 0 amide bonds. The van der Waals surface area contributed by atoms with Gasteiger partial charge in [-0.25, -0.2) is 0 Å². The molecule has 0 aliphatic carbocycles. The first kappa shape index (κ1) is 14.5. The maximum Gasteiger partial charge on any atom is 0.320 e. The minimum atomic E-state index is -1.11. The second kappa shape index (κ2) is 5.22. The fourth-order valence-electron chi connectivity index (χ4n) is 2.19. The summed E-state index contributed by atoms with van der Waals surface area (Å²) in [5.74, 6) is -1.11. The maximum atomic E-state index is 11.1. The third-order valence-corrected chi connectivity index (χ3v) is 4.17. The first-order valence-corrected chi connectivity index (χ1v) is 6.52. The summed E-state index contributed by atoms with van der Waals surface area (Å²) in [6.45, 7) is 0. The molecule has 1 heterocycles. The molecule has 1 aromatic carbocycles. The standard InChI is InChI=1S/C12H12BrN3O4/c1-15-10-6(3-2-4-9(10)16(19)20)7(11(15)13)5-8(14)12(17)18/h2-4,8H,5,14H2,1H3,(H,17,18). The van der Waals surface area contributed by atoms with Crippen LogP contribution < -0.4 is 5.73 Å². The molecule has 3 N–H and O–H groups in total. The number of nitrogens with zero attached hydrogens (tertiary/aromatic N) is 2. The number of hydrogen-bond donors (Lipinski definition) is 2. The van der Waals surface area contributed by atoms with Gasteiger partial charge in [-0.3, -0.25) is 14.9 Å². The zero-order valence-corrected chi connectivity index (χ0v) is 12.1. The number of benzene rings is 1. The third-order valence-electron chi connectivity index (χ3n) is 3.16. The minimum absolute atomic E-state index is 0.0270. The average Bonchev–Trinajstić information content (AvgIpc) is 2.63. The summed E-state index contributed by atoms with van der Waals surface area (Å²) in [5.41, 5.74) is 6.62. The summed E-state index contributed by atoms with van der Waals surface area (Å²) in [6.07, 6.45) is 0.0917. The van der Waals surface area contributed by atoms with Crippen LogP contribution in [-0.2, 0) is 18.3 Å². The number of hydrogen-bond acceptors (Lipinski definition) is 4. The molecule has 7 nitrogen and oxygen atoms in total. The number of aliphatic carboxylic acids is 1. The number of halogens is 1. The highest BCUT2D eigenvalue weighted by atomic mass is 79.9. The number of non-ortho nitro benzene ring substituents is 1. The molecular formula is C12H12BrN3O4. The van der Waals surface area contributed by atoms with Crippen LogP contribution in [0.1, 0.15) is 5.56 Å². The lowest BCUT2D eigenvalue weighted by molar-refractivity contribution is -0.383. The molecule has 8 heteroatoms. The number of carboxylic acids is 1. The average molecular weight is 342 g/mol. The van der Waals surface area contributed by atoms with Crippen molar-refractivity contribution >= 4 is 38.5 Å². The summed E-state index contributed by atoms with van der Waals surface area (Å²) in [7, 11) is 1.68. The van der Waals surface area contributed by atoms with E-state index in [1.165, 1.54) is 6.07 Å². The van der Waals surface area contributed by atoms with Gasteiger partial charge in [0.05, 0.1) is 9.53 Å². The van der Waals surface area contributed by atoms with Gasteiger partial charge in [-0.2, -0.15) is 0 Å². The van der Waals surface area contributed by atoms with Gasteiger partial charge < -0.3 is 15.4 Å². The Morgan fingerprint density at radius 1 is 1.60 bits per heavy atom. The number of aromatic nitrogens is 1. The highest BCUT2D eigenvalue weighted by Gasteiger charge is 2.24. The first-order chi connectivity index (χ1) is 9.34. The number of aryl methyl sites for hydroxylation is 1. The predicted molar refractivity (Wildman–Crippen MR) is 76.6 cm³/mol. The number of nitro benzene ring substituents is 1. The highest BCUT2D eigenvalue weighted by molar-refractivity contribution is 9.10. The minimum Gasteiger partial charge on any atom is -0.480 e. The fourth-order valence-corrected chi connectivity index (χ4v) is 2.74. The smallest absolute Gasteiger partial charge is 0.320 e. The van der Waals surface area contributed by atoms with E-state index in [4.69, 9.17) is 10.8 Å². The third kappa shape index (κ3) is 2.27. The number of para-hydroxylation sites is 1. The Labute approximate surface area is 122 Å². The van der Waals surface area contributed by atoms with Gasteiger partial charge in [0, 0.05) is 24.9 Å². The first-order valence-electron chi connectivity index (χ1n) is 5.73. The van der Waals surface area contributed by atoms with Crippen molar-refractivity contribution in [2.75, 3.05) is 0 Å². The molecule has 2 aromatic rings. The van der Waals surface area contributed by atoms with E-state index < -0.39 is 16.9 Å². The molecule has 0 radical (unpaired) electrons. The molecule has 0 saturated heterocycles. The van der Waals surface area contributed by atoms with Crippen LogP contribution in [0.15, 0.2) is 22.8 Å². The van der Waals surface area contributed by atoms with Crippen molar-refractivity contribution in [1.29, 1.82) is 0 Å².